The van der Waals surface area contributed by atoms with Crippen LogP contribution in [0.5, 0.6) is 11.5 Å². The number of carbonyl (C=O) groups excluding carboxylic acids is 1. The van der Waals surface area contributed by atoms with Crippen molar-refractivity contribution in [2.75, 3.05) is 12.4 Å². The number of methoxy groups -OCH3 is 1. The molecule has 0 fully saturated rings. The molecule has 2 rings (SSSR count). The predicted molar refractivity (Wildman–Crippen MR) is 91.5 cm³/mol. The number of nitrogens with one attached hydrogen (secondary N) is 1. The Labute approximate surface area is 147 Å². The van der Waals surface area contributed by atoms with E-state index in [1.165, 1.54) is 56.5 Å². The van der Waals surface area contributed by atoms with Crippen molar-refractivity contribution >= 4 is 23.0 Å². The lowest BCUT2D eigenvalue weighted by Crippen LogP contribution is -2.30. The van der Waals surface area contributed by atoms with Gasteiger partial charge >= 0.3 is 5.69 Å². The molecule has 0 bridgehead atoms. The monoisotopic (exact) mass is 361 g/mol. The molecule has 1 atom stereocenters. The Morgan fingerprint density at radius 1 is 1.08 bits per heavy atom. The molecular formula is C16H15N3O7. The van der Waals surface area contributed by atoms with Gasteiger partial charge in [0.15, 0.2) is 11.9 Å². The molecule has 0 aliphatic carbocycles. The quantitative estimate of drug-likeness (QED) is 0.592. The van der Waals surface area contributed by atoms with Gasteiger partial charge in [-0.15, -0.1) is 0 Å². The molecule has 2 aromatic rings. The standard InChI is InChI=1S/C16H15N3O7/c1-10(16(20)17-12-5-3-4-6-13(12)18(21)22)26-15-8-7-11(25-2)9-14(15)19(23)24/h3-10H,1-2H3,(H,17,20)/t10-/m1/s1. The molecule has 26 heavy (non-hydrogen) atoms. The SMILES string of the molecule is COc1ccc(O[C@H](C)C(=O)Nc2ccccc2[N+](=O)[O-])c([N+](=O)[O-])c1. The molecule has 0 radical (unpaired) electrons. The second-order valence-corrected chi connectivity index (χ2v) is 5.11. The van der Waals surface area contributed by atoms with Crippen LogP contribution in [0.3, 0.4) is 0 Å². The highest BCUT2D eigenvalue weighted by molar-refractivity contribution is 5.96. The van der Waals surface area contributed by atoms with Gasteiger partial charge in [0.2, 0.25) is 0 Å². The minimum absolute atomic E-state index is 0.00202. The number of nitro groups is 2. The molecule has 2 aromatic carbocycles. The molecule has 10 heteroatoms. The van der Waals surface area contributed by atoms with Crippen molar-refractivity contribution in [3.63, 3.8) is 0 Å². The summed E-state index contributed by atoms with van der Waals surface area (Å²) in [6, 6.07) is 9.55. The van der Waals surface area contributed by atoms with Crippen LogP contribution in [0.4, 0.5) is 17.1 Å². The third-order valence-corrected chi connectivity index (χ3v) is 3.39. The van der Waals surface area contributed by atoms with Crippen LogP contribution in [0.2, 0.25) is 0 Å². The average molecular weight is 361 g/mol. The first-order chi connectivity index (χ1) is 12.3. The van der Waals surface area contributed by atoms with Gasteiger partial charge in [0.25, 0.3) is 11.6 Å². The van der Waals surface area contributed by atoms with Crippen LogP contribution in [-0.2, 0) is 4.79 Å². The lowest BCUT2D eigenvalue weighted by Gasteiger charge is -2.15. The molecule has 0 saturated carbocycles. The fraction of sp³-hybridized carbons (Fsp3) is 0.188. The summed E-state index contributed by atoms with van der Waals surface area (Å²) in [6.45, 7) is 1.37. The smallest absolute Gasteiger partial charge is 0.314 e. The van der Waals surface area contributed by atoms with Crippen molar-refractivity contribution in [1.29, 1.82) is 0 Å². The van der Waals surface area contributed by atoms with Gasteiger partial charge in [-0.2, -0.15) is 0 Å². The van der Waals surface area contributed by atoms with Gasteiger partial charge in [-0.05, 0) is 25.1 Å². The number of benzene rings is 2. The maximum Gasteiger partial charge on any atom is 0.314 e. The number of nitro benzene ring substituents is 2. The van der Waals surface area contributed by atoms with E-state index in [0.717, 1.165) is 0 Å². The molecule has 10 nitrogen and oxygen atoms in total. The number of hydrogen-bond donors (Lipinski definition) is 1. The molecule has 1 N–H and O–H groups in total. The van der Waals surface area contributed by atoms with E-state index in [9.17, 15) is 25.0 Å². The Kier molecular flexibility index (Phi) is 5.68. The second-order valence-electron chi connectivity index (χ2n) is 5.11. The van der Waals surface area contributed by atoms with E-state index >= 15 is 0 Å². The molecule has 0 aromatic heterocycles. The van der Waals surface area contributed by atoms with Gasteiger partial charge in [0.05, 0.1) is 23.0 Å². The highest BCUT2D eigenvalue weighted by atomic mass is 16.6. The predicted octanol–water partition coefficient (Wildman–Crippen LogP) is 2.92. The van der Waals surface area contributed by atoms with E-state index < -0.39 is 21.9 Å². The third kappa shape index (κ3) is 4.23. The topological polar surface area (TPSA) is 134 Å². The summed E-state index contributed by atoms with van der Waals surface area (Å²) in [5.74, 6) is -0.550. The Morgan fingerprint density at radius 3 is 2.35 bits per heavy atom. The van der Waals surface area contributed by atoms with Gasteiger partial charge in [0.1, 0.15) is 11.4 Å². The van der Waals surface area contributed by atoms with Crippen LogP contribution in [0.25, 0.3) is 0 Å². The molecule has 0 heterocycles. The van der Waals surface area contributed by atoms with Crippen molar-refractivity contribution in [2.24, 2.45) is 0 Å². The summed E-state index contributed by atoms with van der Waals surface area (Å²) in [7, 11) is 1.36. The second kappa shape index (κ2) is 7.92. The number of anilines is 1. The van der Waals surface area contributed by atoms with Gasteiger partial charge in [-0.3, -0.25) is 25.0 Å². The largest absolute Gasteiger partial charge is 0.496 e. The number of amides is 1. The highest BCUT2D eigenvalue weighted by Crippen LogP contribution is 2.32. The van der Waals surface area contributed by atoms with Crippen molar-refractivity contribution in [3.8, 4) is 11.5 Å². The Morgan fingerprint density at radius 2 is 1.73 bits per heavy atom. The summed E-state index contributed by atoms with van der Waals surface area (Å²) >= 11 is 0. The molecular weight excluding hydrogens is 346 g/mol. The first-order valence-electron chi connectivity index (χ1n) is 7.37. The Balaban J connectivity index is 2.18. The van der Waals surface area contributed by atoms with Crippen molar-refractivity contribution in [1.82, 2.24) is 0 Å². The molecule has 0 unspecified atom stereocenters. The number of hydrogen-bond acceptors (Lipinski definition) is 7. The van der Waals surface area contributed by atoms with E-state index in [4.69, 9.17) is 9.47 Å². The Hall–Kier alpha value is -3.69. The maximum absolute atomic E-state index is 12.2. The van der Waals surface area contributed by atoms with E-state index in [2.05, 4.69) is 5.32 Å². The first kappa shape index (κ1) is 18.6. The van der Waals surface area contributed by atoms with Crippen LogP contribution in [0.1, 0.15) is 6.92 Å². The van der Waals surface area contributed by atoms with Gasteiger partial charge in [-0.25, -0.2) is 0 Å². The minimum atomic E-state index is -1.14. The minimum Gasteiger partial charge on any atom is -0.496 e. The van der Waals surface area contributed by atoms with Crippen molar-refractivity contribution < 1.29 is 24.1 Å². The lowest BCUT2D eigenvalue weighted by atomic mass is 10.2. The van der Waals surface area contributed by atoms with E-state index in [-0.39, 0.29) is 28.6 Å². The zero-order chi connectivity index (χ0) is 19.3. The highest BCUT2D eigenvalue weighted by Gasteiger charge is 2.24. The molecule has 0 aliphatic rings. The fourth-order valence-electron chi connectivity index (χ4n) is 2.08. The molecule has 1 amide bonds. The number of nitrogens with zero attached hydrogens (tertiary/aromatic N) is 2. The molecule has 136 valence electrons. The molecule has 0 aliphatic heterocycles. The Bertz CT molecular complexity index is 853. The fourth-order valence-corrected chi connectivity index (χ4v) is 2.08. The van der Waals surface area contributed by atoms with Crippen LogP contribution in [-0.4, -0.2) is 29.0 Å². The van der Waals surface area contributed by atoms with Crippen LogP contribution >= 0.6 is 0 Å². The van der Waals surface area contributed by atoms with Crippen molar-refractivity contribution in [3.05, 3.63) is 62.7 Å². The van der Waals surface area contributed by atoms with Crippen LogP contribution in [0, 0.1) is 20.2 Å². The zero-order valence-corrected chi connectivity index (χ0v) is 13.9. The van der Waals surface area contributed by atoms with Crippen LogP contribution < -0.4 is 14.8 Å². The van der Waals surface area contributed by atoms with Crippen molar-refractivity contribution in [2.45, 2.75) is 13.0 Å². The maximum atomic E-state index is 12.2. The van der Waals surface area contributed by atoms with Gasteiger partial charge in [-0.1, -0.05) is 12.1 Å². The van der Waals surface area contributed by atoms with E-state index in [0.29, 0.717) is 0 Å². The molecule has 0 saturated heterocycles. The van der Waals surface area contributed by atoms with Crippen LogP contribution in [0.15, 0.2) is 42.5 Å². The zero-order valence-electron chi connectivity index (χ0n) is 13.9. The average Bonchev–Trinajstić information content (AvgIpc) is 2.62. The summed E-state index contributed by atoms with van der Waals surface area (Å²) in [5, 5.41) is 24.5. The van der Waals surface area contributed by atoms with Gasteiger partial charge < -0.3 is 14.8 Å². The van der Waals surface area contributed by atoms with Gasteiger partial charge in [0, 0.05) is 6.07 Å². The van der Waals surface area contributed by atoms with E-state index in [1.54, 1.807) is 0 Å². The summed E-state index contributed by atoms with van der Waals surface area (Å²) in [6.07, 6.45) is -1.14. The number of ether oxygens (including phenoxy) is 2. The summed E-state index contributed by atoms with van der Waals surface area (Å²) in [4.78, 5) is 33.1. The summed E-state index contributed by atoms with van der Waals surface area (Å²) in [5.41, 5.74) is -0.639. The number of rotatable bonds is 7. The van der Waals surface area contributed by atoms with E-state index in [1.807, 2.05) is 0 Å². The third-order valence-electron chi connectivity index (χ3n) is 3.39. The first-order valence-corrected chi connectivity index (χ1v) is 7.37. The number of carbonyl (C=O) groups is 1. The number of para-hydroxylation sites is 2. The molecule has 0 spiro atoms. The normalized spacial score (nSPS) is 11.3. The summed E-state index contributed by atoms with van der Waals surface area (Å²) < 4.78 is 10.3. The lowest BCUT2D eigenvalue weighted by molar-refractivity contribution is -0.386.